The predicted molar refractivity (Wildman–Crippen MR) is 126 cm³/mol. The van der Waals surface area contributed by atoms with Crippen molar-refractivity contribution >= 4 is 29.4 Å². The first-order valence-electron chi connectivity index (χ1n) is 10.9. The van der Waals surface area contributed by atoms with Gasteiger partial charge in [-0.25, -0.2) is 4.79 Å². The fourth-order valence-electron chi connectivity index (χ4n) is 4.04. The number of aryl methyl sites for hydroxylation is 2. The van der Waals surface area contributed by atoms with E-state index in [4.69, 9.17) is 4.74 Å². The van der Waals surface area contributed by atoms with Crippen LogP contribution in [0.4, 0.5) is 5.69 Å². The summed E-state index contributed by atoms with van der Waals surface area (Å²) in [5.74, 6) is -2.54. The number of nitrogens with zero attached hydrogens (tertiary/aromatic N) is 1. The average molecular weight is 456 g/mol. The third-order valence-electron chi connectivity index (χ3n) is 5.62. The van der Waals surface area contributed by atoms with Crippen LogP contribution in [0.3, 0.4) is 0 Å². The lowest BCUT2D eigenvalue weighted by Gasteiger charge is -2.24. The van der Waals surface area contributed by atoms with Crippen molar-refractivity contribution in [2.45, 2.75) is 32.9 Å². The van der Waals surface area contributed by atoms with Gasteiger partial charge in [-0.2, -0.15) is 0 Å². The van der Waals surface area contributed by atoms with Gasteiger partial charge in [0.15, 0.2) is 0 Å². The van der Waals surface area contributed by atoms with E-state index in [0.717, 1.165) is 16.0 Å². The summed E-state index contributed by atoms with van der Waals surface area (Å²) in [6, 6.07) is 19.4. The highest BCUT2D eigenvalue weighted by Gasteiger charge is 2.42. The number of amides is 3. The van der Waals surface area contributed by atoms with Gasteiger partial charge in [-0.05, 0) is 56.2 Å². The highest BCUT2D eigenvalue weighted by molar-refractivity contribution is 6.22. The number of hydrogen-bond acceptors (Lipinski definition) is 5. The van der Waals surface area contributed by atoms with Crippen molar-refractivity contribution in [2.24, 2.45) is 0 Å². The van der Waals surface area contributed by atoms with Crippen LogP contribution in [0.1, 0.15) is 50.4 Å². The van der Waals surface area contributed by atoms with E-state index < -0.39 is 35.8 Å². The molecule has 7 heteroatoms. The Balaban J connectivity index is 1.57. The van der Waals surface area contributed by atoms with E-state index in [0.29, 0.717) is 11.3 Å². The summed E-state index contributed by atoms with van der Waals surface area (Å²) in [5.41, 5.74) is 3.46. The van der Waals surface area contributed by atoms with Gasteiger partial charge in [0.1, 0.15) is 6.04 Å². The number of benzene rings is 3. The van der Waals surface area contributed by atoms with Gasteiger partial charge in [0.25, 0.3) is 17.7 Å². The number of ether oxygens (including phenoxy) is 1. The molecule has 0 spiro atoms. The molecule has 1 N–H and O–H groups in total. The molecule has 1 aliphatic heterocycles. The Morgan fingerprint density at radius 1 is 0.824 bits per heavy atom. The maximum atomic E-state index is 13.2. The number of esters is 1. The van der Waals surface area contributed by atoms with Gasteiger partial charge in [-0.1, -0.05) is 48.5 Å². The van der Waals surface area contributed by atoms with Gasteiger partial charge >= 0.3 is 5.97 Å². The second-order valence-corrected chi connectivity index (χ2v) is 8.30. The molecule has 0 fully saturated rings. The van der Waals surface area contributed by atoms with Crippen LogP contribution in [0.5, 0.6) is 0 Å². The normalized spacial score (nSPS) is 14.4. The molecule has 0 saturated heterocycles. The van der Waals surface area contributed by atoms with Crippen LogP contribution < -0.4 is 5.32 Å². The van der Waals surface area contributed by atoms with Crippen LogP contribution in [0, 0.1) is 13.8 Å². The Kier molecular flexibility index (Phi) is 6.27. The molecule has 0 unspecified atom stereocenters. The Morgan fingerprint density at radius 2 is 1.35 bits per heavy atom. The molecule has 34 heavy (non-hydrogen) atoms. The largest absolute Gasteiger partial charge is 0.446 e. The zero-order chi connectivity index (χ0) is 24.4. The molecule has 1 aliphatic rings. The number of fused-ring (bicyclic) bond motifs is 1. The summed E-state index contributed by atoms with van der Waals surface area (Å²) < 4.78 is 5.60. The molecular weight excluding hydrogens is 432 g/mol. The third kappa shape index (κ3) is 4.45. The van der Waals surface area contributed by atoms with Crippen LogP contribution >= 0.6 is 0 Å². The molecule has 1 heterocycles. The summed E-state index contributed by atoms with van der Waals surface area (Å²) in [5, 5.41) is 2.80. The molecule has 3 amide bonds. The Hall–Kier alpha value is -4.26. The molecule has 3 aromatic carbocycles. The van der Waals surface area contributed by atoms with E-state index in [1.807, 2.05) is 32.0 Å². The lowest BCUT2D eigenvalue weighted by atomic mass is 10.1. The molecule has 0 aliphatic carbocycles. The van der Waals surface area contributed by atoms with Crippen LogP contribution in [0.25, 0.3) is 0 Å². The van der Waals surface area contributed by atoms with Gasteiger partial charge in [0, 0.05) is 11.3 Å². The lowest BCUT2D eigenvalue weighted by Crippen LogP contribution is -2.44. The van der Waals surface area contributed by atoms with E-state index in [-0.39, 0.29) is 11.1 Å². The molecule has 0 aromatic heterocycles. The van der Waals surface area contributed by atoms with E-state index in [2.05, 4.69) is 5.32 Å². The van der Waals surface area contributed by atoms with Gasteiger partial charge in [-0.3, -0.25) is 19.3 Å². The lowest BCUT2D eigenvalue weighted by molar-refractivity contribution is -0.158. The smallest absolute Gasteiger partial charge is 0.330 e. The minimum absolute atomic E-state index is 0.235. The average Bonchev–Trinajstić information content (AvgIpc) is 3.06. The number of hydrogen-bond donors (Lipinski definition) is 1. The molecule has 2 atom stereocenters. The van der Waals surface area contributed by atoms with Crippen molar-refractivity contribution < 1.29 is 23.9 Å². The first kappa shape index (κ1) is 22.9. The van der Waals surface area contributed by atoms with E-state index in [9.17, 15) is 19.2 Å². The van der Waals surface area contributed by atoms with Crippen molar-refractivity contribution in [3.63, 3.8) is 0 Å². The molecule has 3 aromatic rings. The third-order valence-corrected chi connectivity index (χ3v) is 5.62. The minimum Gasteiger partial charge on any atom is -0.446 e. The fourth-order valence-corrected chi connectivity index (χ4v) is 4.04. The van der Waals surface area contributed by atoms with Gasteiger partial charge in [0.05, 0.1) is 11.1 Å². The molecule has 0 bridgehead atoms. The second kappa shape index (κ2) is 9.31. The van der Waals surface area contributed by atoms with E-state index in [1.165, 1.54) is 19.1 Å². The summed E-state index contributed by atoms with van der Waals surface area (Å²) in [7, 11) is 0. The zero-order valence-electron chi connectivity index (χ0n) is 19.1. The van der Waals surface area contributed by atoms with Crippen molar-refractivity contribution in [1.29, 1.82) is 0 Å². The summed E-state index contributed by atoms with van der Waals surface area (Å²) in [4.78, 5) is 52.7. The molecule has 0 radical (unpaired) electrons. The molecule has 172 valence electrons. The standard InChI is InChI=1S/C27H24N2O5/c1-16-13-17(2)15-20(14-16)28-24(30)23(19-9-5-4-6-10-19)34-27(33)18(3)29-25(31)21-11-7-8-12-22(21)26(29)32/h4-15,18,23H,1-3H3,(H,28,30)/t18-,23-/m1/s1. The fraction of sp³-hybridized carbons (Fsp3) is 0.185. The quantitative estimate of drug-likeness (QED) is 0.443. The summed E-state index contributed by atoms with van der Waals surface area (Å²) in [6.07, 6.45) is -1.27. The monoisotopic (exact) mass is 456 g/mol. The number of anilines is 1. The topological polar surface area (TPSA) is 92.8 Å². The predicted octanol–water partition coefficient (Wildman–Crippen LogP) is 4.21. The molecule has 4 rings (SSSR count). The van der Waals surface area contributed by atoms with Crippen molar-refractivity contribution in [3.05, 3.63) is 101 Å². The first-order chi connectivity index (χ1) is 16.3. The highest BCUT2D eigenvalue weighted by atomic mass is 16.5. The first-order valence-corrected chi connectivity index (χ1v) is 10.9. The van der Waals surface area contributed by atoms with Crippen molar-refractivity contribution in [1.82, 2.24) is 4.90 Å². The Bertz CT molecular complexity index is 1230. The Labute approximate surface area is 197 Å². The van der Waals surface area contributed by atoms with Crippen LogP contribution in [0.15, 0.2) is 72.8 Å². The highest BCUT2D eigenvalue weighted by Crippen LogP contribution is 2.27. The number of carbonyl (C=O) groups excluding carboxylic acids is 4. The molecule has 0 saturated carbocycles. The summed E-state index contributed by atoms with van der Waals surface area (Å²) >= 11 is 0. The molecule has 7 nitrogen and oxygen atoms in total. The van der Waals surface area contributed by atoms with Crippen molar-refractivity contribution in [3.8, 4) is 0 Å². The number of rotatable bonds is 6. The van der Waals surface area contributed by atoms with Gasteiger partial charge in [-0.15, -0.1) is 0 Å². The number of carbonyl (C=O) groups is 4. The van der Waals surface area contributed by atoms with Crippen LogP contribution in [-0.2, 0) is 14.3 Å². The molecular formula is C27H24N2O5. The SMILES string of the molecule is Cc1cc(C)cc(NC(=O)[C@H](OC(=O)[C@@H](C)N2C(=O)c3ccccc3C2=O)c2ccccc2)c1. The number of imide groups is 1. The second-order valence-electron chi connectivity index (χ2n) is 8.30. The summed E-state index contributed by atoms with van der Waals surface area (Å²) in [6.45, 7) is 5.25. The maximum absolute atomic E-state index is 13.2. The minimum atomic E-state index is -1.27. The van der Waals surface area contributed by atoms with Gasteiger partial charge in [0.2, 0.25) is 6.10 Å². The van der Waals surface area contributed by atoms with E-state index in [1.54, 1.807) is 42.5 Å². The van der Waals surface area contributed by atoms with Gasteiger partial charge < -0.3 is 10.1 Å². The van der Waals surface area contributed by atoms with E-state index >= 15 is 0 Å². The number of nitrogens with one attached hydrogen (secondary N) is 1. The maximum Gasteiger partial charge on any atom is 0.330 e. The van der Waals surface area contributed by atoms with Crippen LogP contribution in [-0.4, -0.2) is 34.6 Å². The van der Waals surface area contributed by atoms with Crippen molar-refractivity contribution in [2.75, 3.05) is 5.32 Å². The van der Waals surface area contributed by atoms with Crippen LogP contribution in [0.2, 0.25) is 0 Å². The Morgan fingerprint density at radius 3 is 1.91 bits per heavy atom. The zero-order valence-corrected chi connectivity index (χ0v) is 19.1.